The van der Waals surface area contributed by atoms with Gasteiger partial charge in [0.05, 0.1) is 11.6 Å². The highest BCUT2D eigenvalue weighted by molar-refractivity contribution is 5.82. The van der Waals surface area contributed by atoms with Gasteiger partial charge >= 0.3 is 5.97 Å². The minimum atomic E-state index is -0.920. The molecule has 0 bridgehead atoms. The maximum absolute atomic E-state index is 13.9. The van der Waals surface area contributed by atoms with Crippen molar-refractivity contribution in [2.45, 2.75) is 38.5 Å². The molecule has 1 amide bonds. The van der Waals surface area contributed by atoms with E-state index in [1.165, 1.54) is 13.0 Å². The number of benzene rings is 2. The maximum Gasteiger partial charge on any atom is 0.347 e. The van der Waals surface area contributed by atoms with Gasteiger partial charge < -0.3 is 14.4 Å². The van der Waals surface area contributed by atoms with Crippen molar-refractivity contribution in [3.8, 4) is 11.8 Å². The monoisotopic (exact) mass is 396 g/mol. The van der Waals surface area contributed by atoms with Crippen molar-refractivity contribution in [2.75, 3.05) is 6.61 Å². The molecule has 0 aromatic heterocycles. The summed E-state index contributed by atoms with van der Waals surface area (Å²) in [6, 6.07) is 14.7. The molecule has 0 unspecified atom stereocenters. The molecule has 0 aliphatic heterocycles. The molecule has 1 aliphatic carbocycles. The first-order valence-corrected chi connectivity index (χ1v) is 9.34. The third kappa shape index (κ3) is 5.55. The van der Waals surface area contributed by atoms with Gasteiger partial charge in [0.1, 0.15) is 11.6 Å². The summed E-state index contributed by atoms with van der Waals surface area (Å²) in [7, 11) is 0. The Labute approximate surface area is 168 Å². The van der Waals surface area contributed by atoms with Crippen LogP contribution in [-0.4, -0.2) is 35.5 Å². The molecule has 0 radical (unpaired) electrons. The molecule has 6 nitrogen and oxygen atoms in total. The first-order chi connectivity index (χ1) is 14.0. The van der Waals surface area contributed by atoms with Crippen LogP contribution in [0.1, 0.15) is 30.9 Å². The predicted octanol–water partition coefficient (Wildman–Crippen LogP) is 3.20. The molecule has 2 aromatic rings. The summed E-state index contributed by atoms with van der Waals surface area (Å²) in [5.74, 6) is -0.995. The van der Waals surface area contributed by atoms with E-state index < -0.39 is 18.7 Å². The highest BCUT2D eigenvalue weighted by Crippen LogP contribution is 2.29. The Morgan fingerprint density at radius 1 is 1.21 bits per heavy atom. The molecular formula is C22H21FN2O4. The standard InChI is InChI=1S/C22H21FN2O4/c1-15(29-19-10-6-16(12-24)7-11-19)22(27)28-14-21(26)25(18-8-9-18)13-17-4-2-3-5-20(17)23/h2-7,10-11,15,18H,8-9,13-14H2,1H3/t15-/m1/s1. The number of nitrogens with zero attached hydrogens (tertiary/aromatic N) is 2. The van der Waals surface area contributed by atoms with Crippen molar-refractivity contribution in [1.29, 1.82) is 5.26 Å². The molecule has 0 N–H and O–H groups in total. The van der Waals surface area contributed by atoms with Gasteiger partial charge in [-0.25, -0.2) is 9.18 Å². The third-order valence-corrected chi connectivity index (χ3v) is 4.57. The fourth-order valence-corrected chi connectivity index (χ4v) is 2.81. The van der Waals surface area contributed by atoms with Gasteiger partial charge in [-0.3, -0.25) is 4.79 Å². The van der Waals surface area contributed by atoms with E-state index in [2.05, 4.69) is 0 Å². The minimum Gasteiger partial charge on any atom is -0.479 e. The van der Waals surface area contributed by atoms with Crippen LogP contribution in [0.2, 0.25) is 0 Å². The van der Waals surface area contributed by atoms with Crippen LogP contribution >= 0.6 is 0 Å². The Hall–Kier alpha value is -3.40. The van der Waals surface area contributed by atoms with Crippen molar-refractivity contribution in [2.24, 2.45) is 0 Å². The fraction of sp³-hybridized carbons (Fsp3) is 0.318. The normalized spacial score (nSPS) is 13.8. The lowest BCUT2D eigenvalue weighted by Crippen LogP contribution is -2.37. The Kier molecular flexibility index (Phi) is 6.45. The molecule has 0 spiro atoms. The number of ether oxygens (including phenoxy) is 2. The number of hydrogen-bond donors (Lipinski definition) is 0. The number of amides is 1. The first kappa shape index (κ1) is 20.3. The van der Waals surface area contributed by atoms with Crippen molar-refractivity contribution in [3.63, 3.8) is 0 Å². The number of carbonyl (C=O) groups excluding carboxylic acids is 2. The lowest BCUT2D eigenvalue weighted by molar-refractivity contribution is -0.157. The van der Waals surface area contributed by atoms with E-state index >= 15 is 0 Å². The number of nitriles is 1. The zero-order valence-electron chi connectivity index (χ0n) is 16.0. The summed E-state index contributed by atoms with van der Waals surface area (Å²) in [4.78, 5) is 26.3. The lowest BCUT2D eigenvalue weighted by Gasteiger charge is -2.23. The summed E-state index contributed by atoms with van der Waals surface area (Å²) < 4.78 is 24.5. The van der Waals surface area contributed by atoms with Gasteiger partial charge in [-0.05, 0) is 50.1 Å². The first-order valence-electron chi connectivity index (χ1n) is 9.34. The minimum absolute atomic E-state index is 0.0492. The van der Waals surface area contributed by atoms with E-state index in [1.54, 1.807) is 47.4 Å². The second-order valence-corrected chi connectivity index (χ2v) is 6.85. The summed E-state index contributed by atoms with van der Waals surface area (Å²) in [5.41, 5.74) is 0.907. The smallest absolute Gasteiger partial charge is 0.347 e. The summed E-state index contributed by atoms with van der Waals surface area (Å²) in [5, 5.41) is 8.80. The Balaban J connectivity index is 1.53. The summed E-state index contributed by atoms with van der Waals surface area (Å²) in [6.45, 7) is 1.24. The molecule has 2 aromatic carbocycles. The van der Waals surface area contributed by atoms with Crippen LogP contribution in [0.25, 0.3) is 0 Å². The number of halogens is 1. The number of esters is 1. The Morgan fingerprint density at radius 2 is 1.90 bits per heavy atom. The van der Waals surface area contributed by atoms with Crippen LogP contribution in [0.3, 0.4) is 0 Å². The van der Waals surface area contributed by atoms with Gasteiger partial charge in [-0.15, -0.1) is 0 Å². The molecular weight excluding hydrogens is 375 g/mol. The van der Waals surface area contributed by atoms with Gasteiger partial charge in [0, 0.05) is 18.2 Å². The zero-order chi connectivity index (χ0) is 20.8. The number of carbonyl (C=O) groups is 2. The average Bonchev–Trinajstić information content (AvgIpc) is 3.56. The van der Waals surface area contributed by atoms with Crippen molar-refractivity contribution in [1.82, 2.24) is 4.90 Å². The quantitative estimate of drug-likeness (QED) is 0.640. The summed E-state index contributed by atoms with van der Waals surface area (Å²) in [6.07, 6.45) is 0.787. The van der Waals surface area contributed by atoms with Gasteiger partial charge in [0.2, 0.25) is 0 Å². The van der Waals surface area contributed by atoms with Crippen LogP contribution in [0, 0.1) is 17.1 Å². The molecule has 1 fully saturated rings. The molecule has 29 heavy (non-hydrogen) atoms. The van der Waals surface area contributed by atoms with E-state index in [-0.39, 0.29) is 24.3 Å². The third-order valence-electron chi connectivity index (χ3n) is 4.57. The van der Waals surface area contributed by atoms with Crippen LogP contribution in [0.4, 0.5) is 4.39 Å². The second-order valence-electron chi connectivity index (χ2n) is 6.85. The van der Waals surface area contributed by atoms with Gasteiger partial charge in [-0.2, -0.15) is 5.26 Å². The van der Waals surface area contributed by atoms with E-state index in [9.17, 15) is 14.0 Å². The van der Waals surface area contributed by atoms with Crippen molar-refractivity contribution >= 4 is 11.9 Å². The zero-order valence-corrected chi connectivity index (χ0v) is 16.0. The molecule has 150 valence electrons. The molecule has 1 aliphatic rings. The van der Waals surface area contributed by atoms with E-state index in [1.807, 2.05) is 6.07 Å². The van der Waals surface area contributed by atoms with Gasteiger partial charge in [0.15, 0.2) is 12.7 Å². The van der Waals surface area contributed by atoms with E-state index in [4.69, 9.17) is 14.7 Å². The van der Waals surface area contributed by atoms with Crippen molar-refractivity contribution < 1.29 is 23.5 Å². The molecule has 7 heteroatoms. The van der Waals surface area contributed by atoms with Crippen LogP contribution in [0.5, 0.6) is 5.75 Å². The average molecular weight is 396 g/mol. The highest BCUT2D eigenvalue weighted by atomic mass is 19.1. The van der Waals surface area contributed by atoms with E-state index in [0.29, 0.717) is 16.9 Å². The molecule has 1 atom stereocenters. The molecule has 3 rings (SSSR count). The van der Waals surface area contributed by atoms with Gasteiger partial charge in [0.25, 0.3) is 5.91 Å². The maximum atomic E-state index is 13.9. The Morgan fingerprint density at radius 3 is 2.52 bits per heavy atom. The van der Waals surface area contributed by atoms with Crippen LogP contribution in [0.15, 0.2) is 48.5 Å². The molecule has 1 saturated carbocycles. The SMILES string of the molecule is C[C@@H](Oc1ccc(C#N)cc1)C(=O)OCC(=O)N(Cc1ccccc1F)C1CC1. The number of rotatable bonds is 8. The predicted molar refractivity (Wildman–Crippen MR) is 102 cm³/mol. The highest BCUT2D eigenvalue weighted by Gasteiger charge is 2.33. The van der Waals surface area contributed by atoms with Gasteiger partial charge in [-0.1, -0.05) is 18.2 Å². The van der Waals surface area contributed by atoms with E-state index in [0.717, 1.165) is 12.8 Å². The van der Waals surface area contributed by atoms with Crippen LogP contribution < -0.4 is 4.74 Å². The molecule has 0 heterocycles. The topological polar surface area (TPSA) is 79.6 Å². The molecule has 0 saturated heterocycles. The fourth-order valence-electron chi connectivity index (χ4n) is 2.81. The second kappa shape index (κ2) is 9.20. The largest absolute Gasteiger partial charge is 0.479 e. The Bertz CT molecular complexity index is 919. The number of hydrogen-bond acceptors (Lipinski definition) is 5. The lowest BCUT2D eigenvalue weighted by atomic mass is 10.2. The van der Waals surface area contributed by atoms with Crippen LogP contribution in [-0.2, 0) is 20.9 Å². The summed E-state index contributed by atoms with van der Waals surface area (Å²) >= 11 is 0. The van der Waals surface area contributed by atoms with Crippen molar-refractivity contribution in [3.05, 3.63) is 65.5 Å².